The maximum atomic E-state index is 12.3. The predicted molar refractivity (Wildman–Crippen MR) is 102 cm³/mol. The summed E-state index contributed by atoms with van der Waals surface area (Å²) in [5, 5.41) is 2.13. The topological polar surface area (TPSA) is 30.7 Å². The number of methoxy groups -OCH3 is 1. The first-order valence-corrected chi connectivity index (χ1v) is 8.12. The Bertz CT molecular complexity index is 1090. The SMILES string of the molecule is COC(=O)c1cc(/C=C/c2ccccc2)n2ccc3ccccc3c12. The molecule has 0 fully saturated rings. The zero-order valence-corrected chi connectivity index (χ0v) is 13.8. The van der Waals surface area contributed by atoms with E-state index in [4.69, 9.17) is 4.74 Å². The van der Waals surface area contributed by atoms with Crippen LogP contribution >= 0.6 is 0 Å². The second-order valence-electron chi connectivity index (χ2n) is 5.84. The first-order chi connectivity index (χ1) is 12.3. The van der Waals surface area contributed by atoms with Crippen LogP contribution in [0.5, 0.6) is 0 Å². The summed E-state index contributed by atoms with van der Waals surface area (Å²) < 4.78 is 7.03. The van der Waals surface area contributed by atoms with Gasteiger partial charge in [-0.05, 0) is 29.2 Å². The van der Waals surface area contributed by atoms with Gasteiger partial charge in [0.2, 0.25) is 0 Å². The lowest BCUT2D eigenvalue weighted by Gasteiger charge is -2.05. The van der Waals surface area contributed by atoms with Gasteiger partial charge in [0.15, 0.2) is 0 Å². The Morgan fingerprint density at radius 2 is 1.72 bits per heavy atom. The second kappa shape index (κ2) is 6.29. The van der Waals surface area contributed by atoms with Gasteiger partial charge in [-0.1, -0.05) is 60.7 Å². The number of carbonyl (C=O) groups is 1. The van der Waals surface area contributed by atoms with Crippen LogP contribution in [-0.2, 0) is 4.74 Å². The maximum Gasteiger partial charge on any atom is 0.340 e. The van der Waals surface area contributed by atoms with Crippen LogP contribution in [0.3, 0.4) is 0 Å². The summed E-state index contributed by atoms with van der Waals surface area (Å²) in [6.07, 6.45) is 6.05. The van der Waals surface area contributed by atoms with Gasteiger partial charge in [0, 0.05) is 17.3 Å². The fraction of sp³-hybridized carbons (Fsp3) is 0.0455. The Kier molecular flexibility index (Phi) is 3.82. The molecular weight excluding hydrogens is 310 g/mol. The molecule has 0 bridgehead atoms. The fourth-order valence-corrected chi connectivity index (χ4v) is 3.13. The minimum Gasteiger partial charge on any atom is -0.465 e. The number of ether oxygens (including phenoxy) is 1. The van der Waals surface area contributed by atoms with Gasteiger partial charge in [-0.25, -0.2) is 4.79 Å². The molecule has 0 aliphatic heterocycles. The van der Waals surface area contributed by atoms with Crippen LogP contribution in [-0.4, -0.2) is 17.5 Å². The first kappa shape index (κ1) is 15.2. The molecule has 0 saturated heterocycles. The summed E-state index contributed by atoms with van der Waals surface area (Å²) in [5.74, 6) is -0.326. The van der Waals surface area contributed by atoms with Crippen molar-refractivity contribution in [2.24, 2.45) is 0 Å². The number of hydrogen-bond acceptors (Lipinski definition) is 2. The van der Waals surface area contributed by atoms with E-state index in [1.165, 1.54) is 7.11 Å². The molecule has 0 atom stereocenters. The lowest BCUT2D eigenvalue weighted by molar-refractivity contribution is 0.0603. The van der Waals surface area contributed by atoms with Crippen molar-refractivity contribution in [1.29, 1.82) is 0 Å². The average Bonchev–Trinajstić information content (AvgIpc) is 3.06. The number of benzene rings is 2. The minimum absolute atomic E-state index is 0.326. The number of pyridine rings is 1. The number of aromatic nitrogens is 1. The molecule has 0 amide bonds. The zero-order chi connectivity index (χ0) is 17.2. The van der Waals surface area contributed by atoms with Gasteiger partial charge in [-0.3, -0.25) is 0 Å². The molecule has 0 unspecified atom stereocenters. The normalized spacial score (nSPS) is 11.4. The van der Waals surface area contributed by atoms with Crippen LogP contribution < -0.4 is 0 Å². The predicted octanol–water partition coefficient (Wildman–Crippen LogP) is 5.05. The van der Waals surface area contributed by atoms with E-state index in [0.29, 0.717) is 5.56 Å². The molecule has 0 aliphatic carbocycles. The van der Waals surface area contributed by atoms with Crippen molar-refractivity contribution >= 4 is 34.4 Å². The van der Waals surface area contributed by atoms with Crippen molar-refractivity contribution in [2.75, 3.05) is 7.11 Å². The summed E-state index contributed by atoms with van der Waals surface area (Å²) in [6, 6.07) is 22.1. The molecule has 0 aliphatic rings. The first-order valence-electron chi connectivity index (χ1n) is 8.12. The van der Waals surface area contributed by atoms with E-state index in [-0.39, 0.29) is 5.97 Å². The van der Waals surface area contributed by atoms with Crippen LogP contribution in [0.1, 0.15) is 21.6 Å². The quantitative estimate of drug-likeness (QED) is 0.493. The molecule has 2 heterocycles. The van der Waals surface area contributed by atoms with E-state index < -0.39 is 0 Å². The average molecular weight is 327 g/mol. The van der Waals surface area contributed by atoms with Crippen molar-refractivity contribution in [3.63, 3.8) is 0 Å². The summed E-state index contributed by atoms with van der Waals surface area (Å²) in [7, 11) is 1.41. The van der Waals surface area contributed by atoms with Gasteiger partial charge in [0.05, 0.1) is 18.2 Å². The van der Waals surface area contributed by atoms with Gasteiger partial charge in [0.1, 0.15) is 0 Å². The standard InChI is InChI=1S/C22H17NO2/c1-25-22(24)20-15-18(12-11-16-7-3-2-4-8-16)23-14-13-17-9-5-6-10-19(17)21(20)23/h2-15H,1H3/b12-11+. The van der Waals surface area contributed by atoms with Gasteiger partial charge < -0.3 is 9.14 Å². The maximum absolute atomic E-state index is 12.3. The summed E-state index contributed by atoms with van der Waals surface area (Å²) in [6.45, 7) is 0. The third-order valence-corrected chi connectivity index (χ3v) is 4.34. The molecule has 0 spiro atoms. The molecule has 122 valence electrons. The molecule has 0 N–H and O–H groups in total. The number of nitrogens with zero attached hydrogens (tertiary/aromatic N) is 1. The molecule has 2 aromatic heterocycles. The lowest BCUT2D eigenvalue weighted by Crippen LogP contribution is -2.00. The van der Waals surface area contributed by atoms with Crippen molar-refractivity contribution in [3.8, 4) is 0 Å². The molecule has 0 radical (unpaired) electrons. The molecular formula is C22H17NO2. The highest BCUT2D eigenvalue weighted by Gasteiger charge is 2.17. The van der Waals surface area contributed by atoms with E-state index in [2.05, 4.69) is 6.07 Å². The van der Waals surface area contributed by atoms with Crippen molar-refractivity contribution in [2.45, 2.75) is 0 Å². The third-order valence-electron chi connectivity index (χ3n) is 4.34. The third kappa shape index (κ3) is 2.70. The van der Waals surface area contributed by atoms with Crippen LogP contribution in [0.2, 0.25) is 0 Å². The number of rotatable bonds is 3. The van der Waals surface area contributed by atoms with E-state index in [0.717, 1.165) is 27.5 Å². The summed E-state index contributed by atoms with van der Waals surface area (Å²) >= 11 is 0. The molecule has 0 saturated carbocycles. The Morgan fingerprint density at radius 3 is 2.52 bits per heavy atom. The van der Waals surface area contributed by atoms with Crippen molar-refractivity contribution < 1.29 is 9.53 Å². The highest BCUT2D eigenvalue weighted by Crippen LogP contribution is 2.27. The molecule has 2 aromatic carbocycles. The second-order valence-corrected chi connectivity index (χ2v) is 5.84. The lowest BCUT2D eigenvalue weighted by atomic mass is 10.1. The van der Waals surface area contributed by atoms with Crippen molar-refractivity contribution in [3.05, 3.63) is 89.7 Å². The number of esters is 1. The number of fused-ring (bicyclic) bond motifs is 3. The molecule has 3 nitrogen and oxygen atoms in total. The Labute approximate surface area is 145 Å². The van der Waals surface area contributed by atoms with Gasteiger partial charge in [0.25, 0.3) is 0 Å². The van der Waals surface area contributed by atoms with Crippen molar-refractivity contribution in [1.82, 2.24) is 4.40 Å². The van der Waals surface area contributed by atoms with Crippen LogP contribution in [0.25, 0.3) is 28.4 Å². The fourth-order valence-electron chi connectivity index (χ4n) is 3.13. The van der Waals surface area contributed by atoms with Gasteiger partial charge in [-0.15, -0.1) is 0 Å². The molecule has 3 heteroatoms. The Morgan fingerprint density at radius 1 is 0.960 bits per heavy atom. The summed E-state index contributed by atoms with van der Waals surface area (Å²) in [4.78, 5) is 12.3. The molecule has 25 heavy (non-hydrogen) atoms. The monoisotopic (exact) mass is 327 g/mol. The highest BCUT2D eigenvalue weighted by atomic mass is 16.5. The van der Waals surface area contributed by atoms with E-state index in [1.54, 1.807) is 0 Å². The molecule has 4 rings (SSSR count). The van der Waals surface area contributed by atoms with Gasteiger partial charge in [-0.2, -0.15) is 0 Å². The van der Waals surface area contributed by atoms with E-state index >= 15 is 0 Å². The Hall–Kier alpha value is -3.33. The highest BCUT2D eigenvalue weighted by molar-refractivity contribution is 6.08. The minimum atomic E-state index is -0.326. The summed E-state index contributed by atoms with van der Waals surface area (Å²) in [5.41, 5.74) is 3.49. The largest absolute Gasteiger partial charge is 0.465 e. The number of hydrogen-bond donors (Lipinski definition) is 0. The van der Waals surface area contributed by atoms with E-state index in [1.807, 2.05) is 83.4 Å². The number of carbonyl (C=O) groups excluding carboxylic acids is 1. The zero-order valence-electron chi connectivity index (χ0n) is 13.8. The van der Waals surface area contributed by atoms with Crippen LogP contribution in [0, 0.1) is 0 Å². The molecule has 4 aromatic rings. The van der Waals surface area contributed by atoms with Crippen LogP contribution in [0.4, 0.5) is 0 Å². The van der Waals surface area contributed by atoms with E-state index in [9.17, 15) is 4.79 Å². The Balaban J connectivity index is 1.95. The smallest absolute Gasteiger partial charge is 0.340 e. The van der Waals surface area contributed by atoms with Gasteiger partial charge >= 0.3 is 5.97 Å². The van der Waals surface area contributed by atoms with Crippen LogP contribution in [0.15, 0.2) is 72.9 Å².